The van der Waals surface area contributed by atoms with E-state index in [-0.39, 0.29) is 0 Å². The average Bonchev–Trinajstić information content (AvgIpc) is 3.95. The highest BCUT2D eigenvalue weighted by Gasteiger charge is 2.69. The zero-order chi connectivity index (χ0) is 45.5. The summed E-state index contributed by atoms with van der Waals surface area (Å²) in [7, 11) is 0. The Morgan fingerprint density at radius 1 is 0.516 bits per heavy atom. The summed E-state index contributed by atoms with van der Waals surface area (Å²) >= 11 is 0. The van der Waals surface area contributed by atoms with E-state index in [4.69, 9.17) is 42.6 Å². The highest BCUT2D eigenvalue weighted by Crippen LogP contribution is 2.41. The van der Waals surface area contributed by atoms with Crippen molar-refractivity contribution in [2.24, 2.45) is 0 Å². The number of nitrogens with one attached hydrogen (secondary N) is 3. The summed E-state index contributed by atoms with van der Waals surface area (Å²) in [5.41, 5.74) is -1.54. The molecule has 6 aliphatic rings. The summed E-state index contributed by atoms with van der Waals surface area (Å²) in [6.45, 7) is -1.97. The van der Waals surface area contributed by atoms with Crippen LogP contribution in [0.5, 0.6) is 0 Å². The first-order valence-electron chi connectivity index (χ1n) is 19.7. The minimum atomic E-state index is -2.16. The smallest absolute Gasteiger partial charge is 0.218 e. The van der Waals surface area contributed by atoms with E-state index in [9.17, 15) is 81.1 Å². The molecule has 0 unspecified atom stereocenters. The molecule has 0 aliphatic carbocycles. The molecule has 6 heterocycles. The predicted octanol–water partition coefficient (Wildman–Crippen LogP) is -11.7. The van der Waals surface area contributed by atoms with Crippen molar-refractivity contribution in [1.82, 2.24) is 16.0 Å². The van der Waals surface area contributed by atoms with Gasteiger partial charge in [0.05, 0.1) is 33.0 Å². The van der Waals surface area contributed by atoms with Gasteiger partial charge < -0.3 is 125 Å². The molecule has 6 rings (SSSR count). The van der Waals surface area contributed by atoms with E-state index in [0.717, 1.165) is 6.92 Å². The van der Waals surface area contributed by atoms with Crippen LogP contribution < -0.4 is 16.0 Å². The topological polar surface area (TPSA) is 446 Å². The van der Waals surface area contributed by atoms with Gasteiger partial charge in [-0.05, 0) is 0 Å². The Bertz CT molecular complexity index is 1510. The Balaban J connectivity index is 1.25. The van der Waals surface area contributed by atoms with E-state index in [1.807, 2.05) is 0 Å². The van der Waals surface area contributed by atoms with Crippen LogP contribution in [0.2, 0.25) is 0 Å². The first-order valence-corrected chi connectivity index (χ1v) is 19.7. The summed E-state index contributed by atoms with van der Waals surface area (Å²) in [5.74, 6) is -1.33. The number of amides is 2. The van der Waals surface area contributed by atoms with Gasteiger partial charge >= 0.3 is 0 Å². The van der Waals surface area contributed by atoms with Crippen LogP contribution in [0.3, 0.4) is 0 Å². The van der Waals surface area contributed by atoms with Gasteiger partial charge in [-0.1, -0.05) is 0 Å². The molecule has 0 bridgehead atoms. The van der Waals surface area contributed by atoms with Gasteiger partial charge in [-0.3, -0.25) is 14.9 Å². The Morgan fingerprint density at radius 3 is 1.56 bits per heavy atom. The second-order valence-corrected chi connectivity index (χ2v) is 15.9. The molecule has 358 valence electrons. The monoisotopic (exact) mass is 907 g/mol. The molecule has 0 spiro atoms. The molecule has 25 atom stereocenters. The largest absolute Gasteiger partial charge is 0.394 e. The van der Waals surface area contributed by atoms with E-state index < -0.39 is 198 Å². The molecule has 62 heavy (non-hydrogen) atoms. The van der Waals surface area contributed by atoms with Crippen LogP contribution >= 0.6 is 0 Å². The van der Waals surface area contributed by atoms with Crippen LogP contribution in [-0.4, -0.2) is 269 Å². The third-order valence-corrected chi connectivity index (χ3v) is 11.6. The Labute approximate surface area is 351 Å². The molecule has 28 nitrogen and oxygen atoms in total. The fourth-order valence-corrected chi connectivity index (χ4v) is 8.14. The Hall–Kier alpha value is -2.02. The van der Waals surface area contributed by atoms with Crippen molar-refractivity contribution in [1.29, 1.82) is 0 Å². The zero-order valence-electron chi connectivity index (χ0n) is 33.1. The molecule has 0 saturated carbocycles. The van der Waals surface area contributed by atoms with Crippen LogP contribution in [-0.2, 0) is 52.2 Å². The molecule has 28 heteroatoms. The summed E-state index contributed by atoms with van der Waals surface area (Å²) in [6, 6.07) is -1.63. The number of fused-ring (bicyclic) bond motifs is 1. The number of hydrogen-bond acceptors (Lipinski definition) is 26. The molecule has 0 aromatic carbocycles. The quantitative estimate of drug-likeness (QED) is 0.0678. The minimum Gasteiger partial charge on any atom is -0.394 e. The summed E-state index contributed by atoms with van der Waals surface area (Å²) in [4.78, 5) is 24.4. The second kappa shape index (κ2) is 20.2. The van der Waals surface area contributed by atoms with Gasteiger partial charge in [-0.15, -0.1) is 0 Å². The normalized spacial score (nSPS) is 50.6. The first kappa shape index (κ1) is 49.4. The summed E-state index contributed by atoms with van der Waals surface area (Å²) in [5, 5.41) is 156. The summed E-state index contributed by atoms with van der Waals surface area (Å²) in [6.07, 6.45) is -40.5. The Morgan fingerprint density at radius 2 is 1.00 bits per heavy atom. The van der Waals surface area contributed by atoms with Gasteiger partial charge in [0.25, 0.3) is 0 Å². The maximum Gasteiger partial charge on any atom is 0.218 e. The van der Waals surface area contributed by atoms with Crippen molar-refractivity contribution in [3.63, 3.8) is 0 Å². The van der Waals surface area contributed by atoms with Gasteiger partial charge in [0.1, 0.15) is 122 Å². The maximum atomic E-state index is 12.5. The molecular weight excluding hydrogens is 850 g/mol. The number of aliphatic hydroxyl groups is 14. The minimum absolute atomic E-state index is 0.562. The van der Waals surface area contributed by atoms with E-state index in [0.29, 0.717) is 0 Å². The van der Waals surface area contributed by atoms with Crippen molar-refractivity contribution in [3.8, 4) is 0 Å². The van der Waals surface area contributed by atoms with Crippen molar-refractivity contribution in [3.05, 3.63) is 0 Å². The molecule has 6 aliphatic heterocycles. The van der Waals surface area contributed by atoms with Crippen molar-refractivity contribution >= 4 is 11.8 Å². The molecule has 6 saturated heterocycles. The van der Waals surface area contributed by atoms with Crippen LogP contribution in [0.25, 0.3) is 0 Å². The first-order chi connectivity index (χ1) is 29.3. The fraction of sp³-hybridized carbons (Fsp3) is 0.941. The van der Waals surface area contributed by atoms with Gasteiger partial charge in [0.15, 0.2) is 30.8 Å². The SMILES string of the molecule is CC(=O)N[C@H]1[C@H](O[C@@H]2[C@@H](CO)O[C@@H]3N[C@@]3(NC(C)=O)[C@H]2O)O[C@H](CO)[C@@H](O[C@@H]2O[C@H](CO[C@H]3O[C@H](CO)[C@@H](O)[C@H](O)[C@@H]3O)[C@@H](O)[C@H](O[C@H]3O[C@H](CO)[C@@H](O)[C@H](O)[C@@H]3O)[C@@H]2O)[C@@H]1O. The van der Waals surface area contributed by atoms with Crippen molar-refractivity contribution < 1.29 is 124 Å². The number of hydrogen-bond donors (Lipinski definition) is 17. The van der Waals surface area contributed by atoms with Crippen molar-refractivity contribution in [2.45, 2.75) is 167 Å². The van der Waals surface area contributed by atoms with E-state index in [2.05, 4.69) is 16.0 Å². The number of carbonyl (C=O) groups excluding carboxylic acids is 2. The van der Waals surface area contributed by atoms with Crippen LogP contribution in [0.1, 0.15) is 13.8 Å². The lowest BCUT2D eigenvalue weighted by molar-refractivity contribution is -0.383. The third kappa shape index (κ3) is 9.75. The standard InChI is InChI=1S/C34H57N3O25/c1-8(42)35-15-19(47)25(12(5-40)57-29(15)61-26-13(6-41)59-33-34(37-33,28(26)53)36-9(2)43)60-32-24(52)27(62-31-23(51)21(49)17(45)11(4-39)56-31)18(46)14(58-32)7-54-30-22(50)20(48)16(44)10(3-38)55-30/h10-33,37-41,44-53H,3-7H2,1-2H3,(H,35,42)(H,36,43)/t10-,11-,12-,13-,14-,15-,16-,17-,18-,19-,20+,21+,22+,23+,24+,25-,26-,27+,28+,29+,30+,31-,32+,33+,34+/m1/s1. The number of carbonyl (C=O) groups is 2. The molecule has 0 aromatic rings. The van der Waals surface area contributed by atoms with Crippen molar-refractivity contribution in [2.75, 3.05) is 33.0 Å². The van der Waals surface area contributed by atoms with Crippen LogP contribution in [0, 0.1) is 0 Å². The van der Waals surface area contributed by atoms with Gasteiger partial charge in [-0.2, -0.15) is 0 Å². The highest BCUT2D eigenvalue weighted by molar-refractivity contribution is 5.74. The summed E-state index contributed by atoms with van der Waals surface area (Å²) < 4.78 is 51.5. The predicted molar refractivity (Wildman–Crippen MR) is 190 cm³/mol. The lowest BCUT2D eigenvalue weighted by Gasteiger charge is -2.50. The van der Waals surface area contributed by atoms with Gasteiger partial charge in [-0.25, -0.2) is 0 Å². The highest BCUT2D eigenvalue weighted by atomic mass is 16.8. The fourth-order valence-electron chi connectivity index (χ4n) is 8.14. The van der Waals surface area contributed by atoms with E-state index in [1.165, 1.54) is 6.92 Å². The van der Waals surface area contributed by atoms with E-state index >= 15 is 0 Å². The van der Waals surface area contributed by atoms with Crippen LogP contribution in [0.15, 0.2) is 0 Å². The Kier molecular flexibility index (Phi) is 16.1. The average molecular weight is 908 g/mol. The molecular formula is C34H57N3O25. The lowest BCUT2D eigenvalue weighted by Crippen LogP contribution is -2.70. The second-order valence-electron chi connectivity index (χ2n) is 15.9. The lowest BCUT2D eigenvalue weighted by atomic mass is 9.94. The number of ether oxygens (including phenoxy) is 9. The number of aliphatic hydroxyl groups excluding tert-OH is 14. The van der Waals surface area contributed by atoms with Gasteiger partial charge in [0, 0.05) is 13.8 Å². The molecule has 17 N–H and O–H groups in total. The molecule has 6 fully saturated rings. The molecule has 2 amide bonds. The molecule has 0 radical (unpaired) electrons. The van der Waals surface area contributed by atoms with E-state index in [1.54, 1.807) is 0 Å². The van der Waals surface area contributed by atoms with Crippen LogP contribution in [0.4, 0.5) is 0 Å². The molecule has 0 aromatic heterocycles. The maximum absolute atomic E-state index is 12.5. The zero-order valence-corrected chi connectivity index (χ0v) is 33.1. The van der Waals surface area contributed by atoms with Gasteiger partial charge in [0.2, 0.25) is 11.8 Å². The number of rotatable bonds is 15. The third-order valence-electron chi connectivity index (χ3n) is 11.6.